The van der Waals surface area contributed by atoms with Gasteiger partial charge in [0.1, 0.15) is 11.9 Å². The second kappa shape index (κ2) is 11.9. The molecule has 7 heteroatoms. The second-order valence-electron chi connectivity index (χ2n) is 4.26. The van der Waals surface area contributed by atoms with E-state index in [4.69, 9.17) is 21.1 Å². The number of aliphatic imine (C=N–C) groups is 1. The summed E-state index contributed by atoms with van der Waals surface area (Å²) < 4.78 is 10.7. The van der Waals surface area contributed by atoms with Crippen molar-refractivity contribution < 1.29 is 9.47 Å². The molecule has 0 aliphatic rings. The van der Waals surface area contributed by atoms with Crippen molar-refractivity contribution >= 4 is 41.5 Å². The molecule has 1 aromatic carbocycles. The summed E-state index contributed by atoms with van der Waals surface area (Å²) in [5.74, 6) is 1.48. The van der Waals surface area contributed by atoms with Crippen LogP contribution in [0, 0.1) is 0 Å². The van der Waals surface area contributed by atoms with Gasteiger partial charge in [0.15, 0.2) is 5.96 Å². The van der Waals surface area contributed by atoms with Gasteiger partial charge < -0.3 is 20.1 Å². The smallest absolute Gasteiger partial charge is 0.191 e. The Kier molecular flexibility index (Phi) is 11.5. The lowest BCUT2D eigenvalue weighted by atomic mass is 10.3. The number of ether oxygens (including phenoxy) is 2. The first-order valence-electron chi connectivity index (χ1n) is 6.51. The topological polar surface area (TPSA) is 54.9 Å². The molecule has 0 aliphatic carbocycles. The van der Waals surface area contributed by atoms with E-state index < -0.39 is 0 Å². The summed E-state index contributed by atoms with van der Waals surface area (Å²) in [6.07, 6.45) is -0.00515. The zero-order valence-electron chi connectivity index (χ0n) is 12.6. The average molecular weight is 428 g/mol. The van der Waals surface area contributed by atoms with E-state index in [1.807, 2.05) is 25.1 Å². The molecule has 0 aromatic heterocycles. The zero-order chi connectivity index (χ0) is 14.8. The number of hydrogen-bond donors (Lipinski definition) is 2. The molecule has 0 aliphatic heterocycles. The van der Waals surface area contributed by atoms with Crippen molar-refractivity contribution in [3.63, 3.8) is 0 Å². The Morgan fingerprint density at radius 1 is 1.38 bits per heavy atom. The molecule has 0 spiro atoms. The normalized spacial score (nSPS) is 12.3. The van der Waals surface area contributed by atoms with Gasteiger partial charge in [-0.25, -0.2) is 0 Å². The van der Waals surface area contributed by atoms with Gasteiger partial charge >= 0.3 is 0 Å². The molecule has 120 valence electrons. The van der Waals surface area contributed by atoms with E-state index >= 15 is 0 Å². The maximum absolute atomic E-state index is 5.91. The van der Waals surface area contributed by atoms with Crippen LogP contribution in [0.5, 0.6) is 5.75 Å². The molecule has 1 unspecified atom stereocenters. The van der Waals surface area contributed by atoms with Crippen LogP contribution < -0.4 is 15.4 Å². The third kappa shape index (κ3) is 9.00. The van der Waals surface area contributed by atoms with Crippen LogP contribution in [-0.4, -0.2) is 45.9 Å². The van der Waals surface area contributed by atoms with Gasteiger partial charge in [-0.15, -0.1) is 24.0 Å². The van der Waals surface area contributed by atoms with Gasteiger partial charge in [-0.3, -0.25) is 4.99 Å². The Bertz CT molecular complexity index is 432. The van der Waals surface area contributed by atoms with Crippen LogP contribution in [0.2, 0.25) is 5.02 Å². The van der Waals surface area contributed by atoms with Gasteiger partial charge in [-0.1, -0.05) is 17.7 Å². The van der Waals surface area contributed by atoms with Crippen LogP contribution in [0.4, 0.5) is 0 Å². The first kappa shape index (κ1) is 20.3. The molecule has 5 nitrogen and oxygen atoms in total. The molecule has 0 bridgehead atoms. The number of guanidine groups is 1. The van der Waals surface area contributed by atoms with Gasteiger partial charge in [0, 0.05) is 25.7 Å². The summed E-state index contributed by atoms with van der Waals surface area (Å²) in [6.45, 7) is 3.96. The molecule has 0 heterocycles. The minimum absolute atomic E-state index is 0. The molecular formula is C14H23ClIN3O2. The number of rotatable bonds is 7. The average Bonchev–Trinajstić information content (AvgIpc) is 2.42. The monoisotopic (exact) mass is 427 g/mol. The number of benzene rings is 1. The highest BCUT2D eigenvalue weighted by molar-refractivity contribution is 14.0. The van der Waals surface area contributed by atoms with E-state index in [0.717, 1.165) is 11.7 Å². The van der Waals surface area contributed by atoms with Gasteiger partial charge in [0.2, 0.25) is 0 Å². The van der Waals surface area contributed by atoms with Crippen molar-refractivity contribution in [3.8, 4) is 5.75 Å². The fraction of sp³-hybridized carbons (Fsp3) is 0.500. The van der Waals surface area contributed by atoms with Crippen molar-refractivity contribution in [2.75, 3.05) is 33.9 Å². The van der Waals surface area contributed by atoms with E-state index in [0.29, 0.717) is 24.7 Å². The molecule has 0 fully saturated rings. The first-order chi connectivity index (χ1) is 9.65. The Labute approximate surface area is 148 Å². The number of nitrogens with zero attached hydrogens (tertiary/aromatic N) is 1. The number of halogens is 2. The SMILES string of the molecule is CN=C(NCCOC)NCC(C)Oc1cccc(Cl)c1.I. The summed E-state index contributed by atoms with van der Waals surface area (Å²) in [7, 11) is 3.39. The van der Waals surface area contributed by atoms with Crippen LogP contribution in [0.25, 0.3) is 0 Å². The zero-order valence-corrected chi connectivity index (χ0v) is 15.6. The van der Waals surface area contributed by atoms with Crippen LogP contribution >= 0.6 is 35.6 Å². The molecular weight excluding hydrogens is 405 g/mol. The highest BCUT2D eigenvalue weighted by Gasteiger charge is 2.05. The Hall–Kier alpha value is -0.730. The van der Waals surface area contributed by atoms with E-state index in [1.165, 1.54) is 0 Å². The molecule has 21 heavy (non-hydrogen) atoms. The Morgan fingerprint density at radius 2 is 2.14 bits per heavy atom. The largest absolute Gasteiger partial charge is 0.489 e. The maximum atomic E-state index is 5.91. The third-order valence-corrected chi connectivity index (χ3v) is 2.75. The number of methoxy groups -OCH3 is 1. The van der Waals surface area contributed by atoms with Crippen molar-refractivity contribution in [1.29, 1.82) is 0 Å². The summed E-state index contributed by atoms with van der Waals surface area (Å²) >= 11 is 5.91. The molecule has 1 aromatic rings. The summed E-state index contributed by atoms with van der Waals surface area (Å²) in [5.41, 5.74) is 0. The van der Waals surface area contributed by atoms with Gasteiger partial charge in [0.25, 0.3) is 0 Å². The number of hydrogen-bond acceptors (Lipinski definition) is 3. The van der Waals surface area contributed by atoms with Crippen LogP contribution in [-0.2, 0) is 4.74 Å². The van der Waals surface area contributed by atoms with Crippen molar-refractivity contribution in [2.45, 2.75) is 13.0 Å². The minimum atomic E-state index is -0.00515. The quantitative estimate of drug-likeness (QED) is 0.304. The maximum Gasteiger partial charge on any atom is 0.191 e. The standard InChI is InChI=1S/C14H22ClN3O2.HI/c1-11(20-13-6-4-5-12(15)9-13)10-18-14(16-2)17-7-8-19-3;/h4-6,9,11H,7-8,10H2,1-3H3,(H2,16,17,18);1H. The van der Waals surface area contributed by atoms with Crippen molar-refractivity contribution in [2.24, 2.45) is 4.99 Å². The fourth-order valence-electron chi connectivity index (χ4n) is 1.55. The molecule has 1 rings (SSSR count). The molecule has 0 saturated carbocycles. The van der Waals surface area contributed by atoms with E-state index in [-0.39, 0.29) is 30.1 Å². The van der Waals surface area contributed by atoms with Crippen LogP contribution in [0.1, 0.15) is 6.92 Å². The fourth-order valence-corrected chi connectivity index (χ4v) is 1.73. The van der Waals surface area contributed by atoms with Crippen LogP contribution in [0.3, 0.4) is 0 Å². The highest BCUT2D eigenvalue weighted by atomic mass is 127. The molecule has 0 amide bonds. The minimum Gasteiger partial charge on any atom is -0.489 e. The van der Waals surface area contributed by atoms with Gasteiger partial charge in [0.05, 0.1) is 13.2 Å². The number of nitrogens with one attached hydrogen (secondary N) is 2. The molecule has 0 saturated heterocycles. The van der Waals surface area contributed by atoms with E-state index in [1.54, 1.807) is 20.2 Å². The predicted octanol–water partition coefficient (Wildman–Crippen LogP) is 2.54. The molecule has 2 N–H and O–H groups in total. The first-order valence-corrected chi connectivity index (χ1v) is 6.89. The Balaban J connectivity index is 0.00000400. The summed E-state index contributed by atoms with van der Waals surface area (Å²) in [4.78, 5) is 4.12. The third-order valence-electron chi connectivity index (χ3n) is 2.51. The molecule has 1 atom stereocenters. The van der Waals surface area contributed by atoms with Gasteiger partial charge in [-0.2, -0.15) is 0 Å². The molecule has 0 radical (unpaired) electrons. The summed E-state index contributed by atoms with van der Waals surface area (Å²) in [5, 5.41) is 6.99. The lowest BCUT2D eigenvalue weighted by Gasteiger charge is -2.17. The predicted molar refractivity (Wildman–Crippen MR) is 98.2 cm³/mol. The van der Waals surface area contributed by atoms with Crippen molar-refractivity contribution in [1.82, 2.24) is 10.6 Å². The lowest BCUT2D eigenvalue weighted by Crippen LogP contribution is -2.42. The second-order valence-corrected chi connectivity index (χ2v) is 4.69. The van der Waals surface area contributed by atoms with Gasteiger partial charge in [-0.05, 0) is 25.1 Å². The van der Waals surface area contributed by atoms with E-state index in [9.17, 15) is 0 Å². The Morgan fingerprint density at radius 3 is 2.76 bits per heavy atom. The van der Waals surface area contributed by atoms with Crippen LogP contribution in [0.15, 0.2) is 29.3 Å². The highest BCUT2D eigenvalue weighted by Crippen LogP contribution is 2.18. The lowest BCUT2D eigenvalue weighted by molar-refractivity contribution is 0.203. The summed E-state index contributed by atoms with van der Waals surface area (Å²) in [6, 6.07) is 7.36. The van der Waals surface area contributed by atoms with E-state index in [2.05, 4.69) is 15.6 Å². The van der Waals surface area contributed by atoms with Crippen molar-refractivity contribution in [3.05, 3.63) is 29.3 Å².